The molecule has 1 aliphatic rings. The Balaban J connectivity index is 2.30. The summed E-state index contributed by atoms with van der Waals surface area (Å²) < 4.78 is 1.77. The monoisotopic (exact) mass is 146 g/mol. The molecule has 0 saturated heterocycles. The molecular weight excluding hydrogens is 138 g/mol. The van der Waals surface area contributed by atoms with Crippen LogP contribution in [0.2, 0.25) is 0 Å². The summed E-state index contributed by atoms with van der Waals surface area (Å²) in [6, 6.07) is 1.95. The molecule has 0 aliphatic carbocycles. The maximum absolute atomic E-state index is 4.21. The zero-order valence-corrected chi connectivity index (χ0v) is 6.23. The van der Waals surface area contributed by atoms with E-state index in [0.717, 1.165) is 11.4 Å². The van der Waals surface area contributed by atoms with Crippen LogP contribution in [0.5, 0.6) is 0 Å². The van der Waals surface area contributed by atoms with Gasteiger partial charge in [0.05, 0.1) is 5.70 Å². The van der Waals surface area contributed by atoms with E-state index in [1.165, 1.54) is 0 Å². The molecule has 2 rings (SSSR count). The molecule has 0 atom stereocenters. The summed E-state index contributed by atoms with van der Waals surface area (Å²) in [5.41, 5.74) is 1.86. The Labute approximate surface area is 65.0 Å². The Morgan fingerprint density at radius 2 is 2.36 bits per heavy atom. The number of hydrogen-bond acceptors (Lipinski definition) is 1. The van der Waals surface area contributed by atoms with Crippen molar-refractivity contribution in [2.24, 2.45) is 7.05 Å². The first-order valence-corrected chi connectivity index (χ1v) is 3.44. The average molecular weight is 146 g/mol. The topological polar surface area (TPSA) is 31.9 Å². The summed E-state index contributed by atoms with van der Waals surface area (Å²) in [5, 5.41) is 8.33. The molecule has 0 bridgehead atoms. The van der Waals surface area contributed by atoms with Crippen molar-refractivity contribution in [2.45, 2.75) is 0 Å². The Bertz CT molecular complexity index is 320. The van der Waals surface area contributed by atoms with Gasteiger partial charge >= 0.3 is 0 Å². The summed E-state index contributed by atoms with van der Waals surface area (Å²) in [4.78, 5) is 0. The van der Waals surface area contributed by atoms with Crippen molar-refractivity contribution in [1.82, 2.24) is 15.1 Å². The summed E-state index contributed by atoms with van der Waals surface area (Å²) in [5.74, 6) is 0. The fraction of sp³-hybridized carbons (Fsp3) is 0.125. The first-order valence-electron chi connectivity index (χ1n) is 3.44. The highest BCUT2D eigenvalue weighted by molar-refractivity contribution is 5.65. The SMILES string of the molecule is Cn1ccc(C2=CC=C[N]2)n1. The lowest BCUT2D eigenvalue weighted by molar-refractivity contribution is 0.761. The molecule has 0 spiro atoms. The van der Waals surface area contributed by atoms with Gasteiger partial charge in [0.1, 0.15) is 5.69 Å². The Hall–Kier alpha value is -1.51. The van der Waals surface area contributed by atoms with Crippen LogP contribution in [0, 0.1) is 0 Å². The lowest BCUT2D eigenvalue weighted by atomic mass is 10.3. The number of aryl methyl sites for hydroxylation is 1. The normalized spacial score (nSPS) is 14.8. The minimum absolute atomic E-state index is 0.928. The molecule has 1 aromatic heterocycles. The van der Waals surface area contributed by atoms with Gasteiger partial charge in [0.25, 0.3) is 0 Å². The van der Waals surface area contributed by atoms with Crippen LogP contribution in [0.15, 0.2) is 30.6 Å². The van der Waals surface area contributed by atoms with Gasteiger partial charge < -0.3 is 0 Å². The molecule has 1 radical (unpaired) electrons. The van der Waals surface area contributed by atoms with E-state index in [1.807, 2.05) is 31.5 Å². The van der Waals surface area contributed by atoms with Crippen LogP contribution in [0.1, 0.15) is 5.69 Å². The van der Waals surface area contributed by atoms with Crippen LogP contribution in [-0.2, 0) is 7.05 Å². The third-order valence-corrected chi connectivity index (χ3v) is 1.53. The third-order valence-electron chi connectivity index (χ3n) is 1.53. The van der Waals surface area contributed by atoms with Crippen LogP contribution >= 0.6 is 0 Å². The minimum Gasteiger partial charge on any atom is -0.275 e. The van der Waals surface area contributed by atoms with E-state index in [-0.39, 0.29) is 0 Å². The van der Waals surface area contributed by atoms with Gasteiger partial charge in [-0.15, -0.1) is 0 Å². The molecule has 0 amide bonds. The molecule has 55 valence electrons. The van der Waals surface area contributed by atoms with E-state index in [0.29, 0.717) is 0 Å². The Kier molecular flexibility index (Phi) is 1.28. The van der Waals surface area contributed by atoms with Crippen molar-refractivity contribution in [2.75, 3.05) is 0 Å². The van der Waals surface area contributed by atoms with Crippen LogP contribution in [0.3, 0.4) is 0 Å². The van der Waals surface area contributed by atoms with Crippen LogP contribution in [0.4, 0.5) is 0 Å². The molecule has 0 unspecified atom stereocenters. The van der Waals surface area contributed by atoms with E-state index in [2.05, 4.69) is 10.4 Å². The largest absolute Gasteiger partial charge is 0.275 e. The van der Waals surface area contributed by atoms with Crippen molar-refractivity contribution in [3.63, 3.8) is 0 Å². The Morgan fingerprint density at radius 3 is 2.91 bits per heavy atom. The minimum atomic E-state index is 0.928. The van der Waals surface area contributed by atoms with Crippen molar-refractivity contribution >= 4 is 5.70 Å². The predicted octanol–water partition coefficient (Wildman–Crippen LogP) is 0.893. The zero-order valence-electron chi connectivity index (χ0n) is 6.23. The molecule has 0 saturated carbocycles. The standard InChI is InChI=1S/C8H8N3/c1-11-6-4-8(10-11)7-3-2-5-9-7/h2-6H,1H3. The van der Waals surface area contributed by atoms with E-state index >= 15 is 0 Å². The molecule has 11 heavy (non-hydrogen) atoms. The third kappa shape index (κ3) is 1.05. The Morgan fingerprint density at radius 1 is 1.45 bits per heavy atom. The van der Waals surface area contributed by atoms with Crippen LogP contribution in [-0.4, -0.2) is 9.78 Å². The summed E-state index contributed by atoms with van der Waals surface area (Å²) in [6.45, 7) is 0. The van der Waals surface area contributed by atoms with Gasteiger partial charge in [-0.2, -0.15) is 5.10 Å². The van der Waals surface area contributed by atoms with E-state index in [1.54, 1.807) is 10.9 Å². The molecule has 0 fully saturated rings. The van der Waals surface area contributed by atoms with Crippen molar-refractivity contribution in [1.29, 1.82) is 0 Å². The number of allylic oxidation sites excluding steroid dienone is 2. The number of nitrogens with zero attached hydrogens (tertiary/aromatic N) is 3. The smallest absolute Gasteiger partial charge is 0.111 e. The van der Waals surface area contributed by atoms with Crippen LogP contribution < -0.4 is 5.32 Å². The summed E-state index contributed by atoms with van der Waals surface area (Å²) in [7, 11) is 1.90. The maximum atomic E-state index is 4.21. The van der Waals surface area contributed by atoms with E-state index < -0.39 is 0 Å². The predicted molar refractivity (Wildman–Crippen MR) is 42.5 cm³/mol. The van der Waals surface area contributed by atoms with Crippen molar-refractivity contribution < 1.29 is 0 Å². The van der Waals surface area contributed by atoms with Gasteiger partial charge in [-0.05, 0) is 18.2 Å². The molecule has 3 heteroatoms. The lowest BCUT2D eigenvalue weighted by Crippen LogP contribution is -1.94. The molecule has 1 aliphatic heterocycles. The second-order valence-electron chi connectivity index (χ2n) is 2.40. The van der Waals surface area contributed by atoms with E-state index in [4.69, 9.17) is 0 Å². The van der Waals surface area contributed by atoms with Gasteiger partial charge in [0.15, 0.2) is 0 Å². The molecule has 2 heterocycles. The second kappa shape index (κ2) is 2.27. The van der Waals surface area contributed by atoms with Gasteiger partial charge in [-0.25, -0.2) is 0 Å². The van der Waals surface area contributed by atoms with Gasteiger partial charge in [-0.1, -0.05) is 0 Å². The van der Waals surface area contributed by atoms with Gasteiger partial charge in [-0.3, -0.25) is 10.00 Å². The average Bonchev–Trinajstić information content (AvgIpc) is 2.55. The molecular formula is C8H8N3. The van der Waals surface area contributed by atoms with Crippen LogP contribution in [0.25, 0.3) is 5.70 Å². The van der Waals surface area contributed by atoms with Gasteiger partial charge in [0.2, 0.25) is 0 Å². The molecule has 3 nitrogen and oxygen atoms in total. The fourth-order valence-electron chi connectivity index (χ4n) is 1.00. The maximum Gasteiger partial charge on any atom is 0.111 e. The highest BCUT2D eigenvalue weighted by atomic mass is 15.3. The van der Waals surface area contributed by atoms with E-state index in [9.17, 15) is 0 Å². The zero-order chi connectivity index (χ0) is 7.68. The van der Waals surface area contributed by atoms with Crippen molar-refractivity contribution in [3.05, 3.63) is 36.3 Å². The summed E-state index contributed by atoms with van der Waals surface area (Å²) in [6.07, 6.45) is 7.53. The van der Waals surface area contributed by atoms with Crippen molar-refractivity contribution in [3.8, 4) is 0 Å². The fourth-order valence-corrected chi connectivity index (χ4v) is 1.00. The summed E-state index contributed by atoms with van der Waals surface area (Å²) >= 11 is 0. The first-order chi connectivity index (χ1) is 5.36. The molecule has 1 aromatic rings. The first kappa shape index (κ1) is 6.22. The van der Waals surface area contributed by atoms with Gasteiger partial charge in [0, 0.05) is 19.4 Å². The molecule has 0 N–H and O–H groups in total. The highest BCUT2D eigenvalue weighted by Gasteiger charge is 2.05. The highest BCUT2D eigenvalue weighted by Crippen LogP contribution is 2.12. The molecule has 0 aromatic carbocycles. The lowest BCUT2D eigenvalue weighted by Gasteiger charge is -1.93. The quantitative estimate of drug-likeness (QED) is 0.579. The second-order valence-corrected chi connectivity index (χ2v) is 2.40. The number of hydrogen-bond donors (Lipinski definition) is 0. The number of aromatic nitrogens is 2. The number of rotatable bonds is 1.